The number of benzene rings is 2. The highest BCUT2D eigenvalue weighted by atomic mass is 32.2. The zero-order chi connectivity index (χ0) is 21.7. The van der Waals surface area contributed by atoms with Crippen LogP contribution in [0.4, 0.5) is 10.5 Å². The van der Waals surface area contributed by atoms with Crippen molar-refractivity contribution in [1.82, 2.24) is 4.90 Å². The van der Waals surface area contributed by atoms with Gasteiger partial charge in [-0.05, 0) is 79.1 Å². The van der Waals surface area contributed by atoms with Crippen LogP contribution in [0.15, 0.2) is 47.4 Å². The number of hydrogen-bond acceptors (Lipinski definition) is 5. The van der Waals surface area contributed by atoms with Gasteiger partial charge >= 0.3 is 0 Å². The molecule has 1 aliphatic heterocycles. The van der Waals surface area contributed by atoms with Gasteiger partial charge in [0.25, 0.3) is 17.1 Å². The fraction of sp³-hybridized carbons (Fsp3) is 0.261. The van der Waals surface area contributed by atoms with Gasteiger partial charge < -0.3 is 10.1 Å². The third-order valence-corrected chi connectivity index (χ3v) is 5.54. The predicted molar refractivity (Wildman–Crippen MR) is 119 cm³/mol. The van der Waals surface area contributed by atoms with Crippen LogP contribution < -0.4 is 10.1 Å². The van der Waals surface area contributed by atoms with Crippen LogP contribution in [-0.4, -0.2) is 35.1 Å². The van der Waals surface area contributed by atoms with Gasteiger partial charge in [0, 0.05) is 12.2 Å². The highest BCUT2D eigenvalue weighted by Gasteiger charge is 2.34. The first-order valence-electron chi connectivity index (χ1n) is 9.72. The second-order valence-electron chi connectivity index (χ2n) is 7.04. The average molecular weight is 425 g/mol. The molecule has 1 heterocycles. The van der Waals surface area contributed by atoms with E-state index >= 15 is 0 Å². The molecule has 6 nitrogen and oxygen atoms in total. The number of ether oxygens (including phenoxy) is 1. The lowest BCUT2D eigenvalue weighted by atomic mass is 10.1. The summed E-state index contributed by atoms with van der Waals surface area (Å²) in [5.74, 6) is -0.0259. The molecule has 1 aliphatic rings. The summed E-state index contributed by atoms with van der Waals surface area (Å²) in [5.41, 5.74) is 3.71. The summed E-state index contributed by atoms with van der Waals surface area (Å²) >= 11 is 0.938. The minimum atomic E-state index is -0.272. The molecule has 7 heteroatoms. The number of rotatable bonds is 7. The fourth-order valence-corrected chi connectivity index (χ4v) is 3.79. The summed E-state index contributed by atoms with van der Waals surface area (Å²) < 4.78 is 5.60. The van der Waals surface area contributed by atoms with E-state index in [0.717, 1.165) is 40.6 Å². The third-order valence-electron chi connectivity index (χ3n) is 4.64. The first-order chi connectivity index (χ1) is 14.4. The molecule has 0 spiro atoms. The van der Waals surface area contributed by atoms with Gasteiger partial charge in [0.15, 0.2) is 6.61 Å². The van der Waals surface area contributed by atoms with Crippen molar-refractivity contribution in [2.24, 2.45) is 0 Å². The molecule has 0 atom stereocenters. The zero-order valence-corrected chi connectivity index (χ0v) is 18.0. The number of carbonyl (C=O) groups is 3. The van der Waals surface area contributed by atoms with Crippen LogP contribution in [0.2, 0.25) is 0 Å². The standard InChI is InChI=1S/C23H24N2O4S/c1-4-10-25-22(27)20(30-23(25)28)13-17-6-5-7-19(12-17)29-14-21(26)24-18-9-8-15(2)16(3)11-18/h5-9,11-13H,4,10,14H2,1-3H3,(H,24,26)/b20-13-. The Morgan fingerprint density at radius 3 is 2.67 bits per heavy atom. The Balaban J connectivity index is 1.61. The topological polar surface area (TPSA) is 75.7 Å². The van der Waals surface area contributed by atoms with Crippen LogP contribution in [-0.2, 0) is 9.59 Å². The highest BCUT2D eigenvalue weighted by molar-refractivity contribution is 8.18. The molecule has 30 heavy (non-hydrogen) atoms. The summed E-state index contributed by atoms with van der Waals surface area (Å²) in [7, 11) is 0. The van der Waals surface area contributed by atoms with E-state index in [0.29, 0.717) is 17.2 Å². The van der Waals surface area contributed by atoms with Crippen molar-refractivity contribution >= 4 is 40.6 Å². The number of amides is 3. The molecule has 156 valence electrons. The molecular weight excluding hydrogens is 400 g/mol. The van der Waals surface area contributed by atoms with E-state index in [1.165, 1.54) is 4.90 Å². The molecule has 0 radical (unpaired) electrons. The second kappa shape index (κ2) is 9.63. The quantitative estimate of drug-likeness (QED) is 0.648. The van der Waals surface area contributed by atoms with Gasteiger partial charge in [-0.1, -0.05) is 25.1 Å². The summed E-state index contributed by atoms with van der Waals surface area (Å²) in [6.07, 6.45) is 2.39. The molecule has 0 aromatic heterocycles. The Morgan fingerprint density at radius 2 is 1.93 bits per heavy atom. The lowest BCUT2D eigenvalue weighted by molar-refractivity contribution is -0.122. The number of carbonyl (C=O) groups excluding carboxylic acids is 3. The number of anilines is 1. The number of nitrogens with one attached hydrogen (secondary N) is 1. The molecule has 0 unspecified atom stereocenters. The van der Waals surface area contributed by atoms with Crippen LogP contribution in [0.25, 0.3) is 6.08 Å². The van der Waals surface area contributed by atoms with Gasteiger partial charge in [-0.25, -0.2) is 0 Å². The van der Waals surface area contributed by atoms with Crippen molar-refractivity contribution in [3.05, 3.63) is 64.1 Å². The Morgan fingerprint density at radius 1 is 1.13 bits per heavy atom. The molecule has 3 rings (SSSR count). The van der Waals surface area contributed by atoms with E-state index < -0.39 is 0 Å². The minimum Gasteiger partial charge on any atom is -0.484 e. The molecular formula is C23H24N2O4S. The van der Waals surface area contributed by atoms with Gasteiger partial charge in [0.05, 0.1) is 4.91 Å². The maximum Gasteiger partial charge on any atom is 0.293 e. The number of aryl methyl sites for hydroxylation is 2. The maximum absolute atomic E-state index is 12.4. The molecule has 0 aliphatic carbocycles. The summed E-state index contributed by atoms with van der Waals surface area (Å²) in [6, 6.07) is 12.8. The summed E-state index contributed by atoms with van der Waals surface area (Å²) in [6.45, 7) is 6.21. The lowest BCUT2D eigenvalue weighted by Gasteiger charge is -2.10. The van der Waals surface area contributed by atoms with Crippen molar-refractivity contribution in [3.63, 3.8) is 0 Å². The number of thioether (sulfide) groups is 1. The number of nitrogens with zero attached hydrogens (tertiary/aromatic N) is 1. The van der Waals surface area contributed by atoms with E-state index in [1.807, 2.05) is 45.0 Å². The van der Waals surface area contributed by atoms with E-state index in [4.69, 9.17) is 4.74 Å². The van der Waals surface area contributed by atoms with Crippen LogP contribution in [0.1, 0.15) is 30.0 Å². The van der Waals surface area contributed by atoms with E-state index in [-0.39, 0.29) is 23.7 Å². The van der Waals surface area contributed by atoms with Gasteiger partial charge in [0.1, 0.15) is 5.75 Å². The average Bonchev–Trinajstić information content (AvgIpc) is 2.97. The van der Waals surface area contributed by atoms with Crippen LogP contribution >= 0.6 is 11.8 Å². The van der Waals surface area contributed by atoms with Crippen LogP contribution in [0, 0.1) is 13.8 Å². The predicted octanol–water partition coefficient (Wildman–Crippen LogP) is 4.77. The Kier molecular flexibility index (Phi) is 6.95. The summed E-state index contributed by atoms with van der Waals surface area (Å²) in [4.78, 5) is 38.2. The van der Waals surface area contributed by atoms with Gasteiger partial charge in [0.2, 0.25) is 0 Å². The Labute approximate surface area is 180 Å². The van der Waals surface area contributed by atoms with Crippen LogP contribution in [0.3, 0.4) is 0 Å². The molecule has 0 bridgehead atoms. The van der Waals surface area contributed by atoms with Gasteiger partial charge in [-0.15, -0.1) is 0 Å². The first-order valence-corrected chi connectivity index (χ1v) is 10.5. The maximum atomic E-state index is 12.4. The molecule has 0 saturated carbocycles. The molecule has 2 aromatic carbocycles. The smallest absolute Gasteiger partial charge is 0.293 e. The van der Waals surface area contributed by atoms with E-state index in [9.17, 15) is 14.4 Å². The molecule has 2 aromatic rings. The number of hydrogen-bond donors (Lipinski definition) is 1. The summed E-state index contributed by atoms with van der Waals surface area (Å²) in [5, 5.41) is 2.57. The Bertz CT molecular complexity index is 1020. The highest BCUT2D eigenvalue weighted by Crippen LogP contribution is 2.32. The molecule has 1 saturated heterocycles. The molecule has 1 N–H and O–H groups in total. The molecule has 3 amide bonds. The lowest BCUT2D eigenvalue weighted by Crippen LogP contribution is -2.28. The second-order valence-corrected chi connectivity index (χ2v) is 8.03. The largest absolute Gasteiger partial charge is 0.484 e. The van der Waals surface area contributed by atoms with Crippen molar-refractivity contribution in [1.29, 1.82) is 0 Å². The van der Waals surface area contributed by atoms with Crippen molar-refractivity contribution < 1.29 is 19.1 Å². The fourth-order valence-electron chi connectivity index (χ4n) is 2.93. The zero-order valence-electron chi connectivity index (χ0n) is 17.2. The number of imide groups is 1. The normalized spacial score (nSPS) is 15.0. The molecule has 1 fully saturated rings. The van der Waals surface area contributed by atoms with Crippen LogP contribution in [0.5, 0.6) is 5.75 Å². The Hall–Kier alpha value is -3.06. The van der Waals surface area contributed by atoms with E-state index in [1.54, 1.807) is 24.3 Å². The monoisotopic (exact) mass is 424 g/mol. The van der Waals surface area contributed by atoms with Crippen molar-refractivity contribution in [2.75, 3.05) is 18.5 Å². The van der Waals surface area contributed by atoms with E-state index in [2.05, 4.69) is 5.32 Å². The van der Waals surface area contributed by atoms with Gasteiger partial charge in [-0.3, -0.25) is 19.3 Å². The van der Waals surface area contributed by atoms with Gasteiger partial charge in [-0.2, -0.15) is 0 Å². The van der Waals surface area contributed by atoms with Crippen molar-refractivity contribution in [2.45, 2.75) is 27.2 Å². The SMILES string of the molecule is CCCN1C(=O)S/C(=C\c2cccc(OCC(=O)Nc3ccc(C)c(C)c3)c2)C1=O. The first kappa shape index (κ1) is 21.6. The minimum absolute atomic E-state index is 0.136. The van der Waals surface area contributed by atoms with Crippen molar-refractivity contribution in [3.8, 4) is 5.75 Å². The third kappa shape index (κ3) is 5.30.